The Morgan fingerprint density at radius 1 is 1.56 bits per heavy atom. The second-order valence-corrected chi connectivity index (χ2v) is 5.68. The van der Waals surface area contributed by atoms with Gasteiger partial charge in [0.05, 0.1) is 0 Å². The SMILES string of the molecule is CCC(CC1CC1)NC(=O)C1(C(N)=NO)CCC1. The van der Waals surface area contributed by atoms with Crippen molar-refractivity contribution in [3.63, 3.8) is 0 Å². The largest absolute Gasteiger partial charge is 0.409 e. The third-order valence-corrected chi connectivity index (χ3v) is 4.38. The number of amidine groups is 1. The molecule has 0 heterocycles. The van der Waals surface area contributed by atoms with Gasteiger partial charge in [-0.05, 0) is 31.6 Å². The van der Waals surface area contributed by atoms with Gasteiger partial charge in [0.25, 0.3) is 0 Å². The van der Waals surface area contributed by atoms with Crippen LogP contribution in [0.15, 0.2) is 5.16 Å². The summed E-state index contributed by atoms with van der Waals surface area (Å²) in [5.41, 5.74) is 4.94. The number of carbonyl (C=O) groups is 1. The van der Waals surface area contributed by atoms with Crippen molar-refractivity contribution in [1.82, 2.24) is 5.32 Å². The van der Waals surface area contributed by atoms with Crippen LogP contribution in [0, 0.1) is 11.3 Å². The van der Waals surface area contributed by atoms with Crippen LogP contribution in [0.1, 0.15) is 51.9 Å². The molecule has 0 bridgehead atoms. The Hall–Kier alpha value is -1.26. The van der Waals surface area contributed by atoms with Crippen molar-refractivity contribution in [1.29, 1.82) is 0 Å². The van der Waals surface area contributed by atoms with Crippen molar-refractivity contribution < 1.29 is 10.0 Å². The molecule has 2 aliphatic carbocycles. The Kier molecular flexibility index (Phi) is 3.78. The molecule has 18 heavy (non-hydrogen) atoms. The van der Waals surface area contributed by atoms with E-state index in [4.69, 9.17) is 10.9 Å². The van der Waals surface area contributed by atoms with Crippen molar-refractivity contribution in [3.8, 4) is 0 Å². The van der Waals surface area contributed by atoms with E-state index < -0.39 is 5.41 Å². The van der Waals surface area contributed by atoms with E-state index in [1.165, 1.54) is 12.8 Å². The molecule has 2 aliphatic rings. The number of nitrogens with two attached hydrogens (primary N) is 1. The lowest BCUT2D eigenvalue weighted by Crippen LogP contribution is -2.55. The van der Waals surface area contributed by atoms with Crippen molar-refractivity contribution in [2.45, 2.75) is 57.9 Å². The first-order valence-corrected chi connectivity index (χ1v) is 6.91. The Balaban J connectivity index is 1.96. The molecule has 1 unspecified atom stereocenters. The third-order valence-electron chi connectivity index (χ3n) is 4.38. The fourth-order valence-corrected chi connectivity index (χ4v) is 2.63. The summed E-state index contributed by atoms with van der Waals surface area (Å²) in [6.45, 7) is 2.09. The summed E-state index contributed by atoms with van der Waals surface area (Å²) in [5, 5.41) is 14.9. The summed E-state index contributed by atoms with van der Waals surface area (Å²) in [5.74, 6) is 0.792. The molecular weight excluding hydrogens is 230 g/mol. The van der Waals surface area contributed by atoms with Gasteiger partial charge in [-0.25, -0.2) is 0 Å². The van der Waals surface area contributed by atoms with Crippen LogP contribution in [0.5, 0.6) is 0 Å². The zero-order valence-electron chi connectivity index (χ0n) is 11.0. The molecule has 0 aromatic heterocycles. The Labute approximate surface area is 108 Å². The molecule has 2 saturated carbocycles. The highest BCUT2D eigenvalue weighted by Crippen LogP contribution is 2.42. The maximum absolute atomic E-state index is 12.3. The summed E-state index contributed by atoms with van der Waals surface area (Å²) in [7, 11) is 0. The van der Waals surface area contributed by atoms with Crippen LogP contribution in [0.3, 0.4) is 0 Å². The van der Waals surface area contributed by atoms with Crippen molar-refractivity contribution >= 4 is 11.7 Å². The number of hydrogen-bond acceptors (Lipinski definition) is 3. The highest BCUT2D eigenvalue weighted by Gasteiger charge is 2.48. The van der Waals surface area contributed by atoms with Gasteiger partial charge in [-0.2, -0.15) is 0 Å². The number of carbonyl (C=O) groups excluding carboxylic acids is 1. The average Bonchev–Trinajstić information content (AvgIpc) is 3.10. The van der Waals surface area contributed by atoms with E-state index in [0.29, 0.717) is 12.8 Å². The standard InChI is InChI=1S/C13H23N3O2/c1-2-10(8-9-4-5-9)15-12(17)13(6-3-7-13)11(14)16-18/h9-10,18H,2-8H2,1H3,(H2,14,16)(H,15,17). The van der Waals surface area contributed by atoms with Gasteiger partial charge in [0, 0.05) is 6.04 Å². The predicted molar refractivity (Wildman–Crippen MR) is 69.3 cm³/mol. The van der Waals surface area contributed by atoms with Crippen LogP contribution in [0.4, 0.5) is 0 Å². The molecule has 0 aliphatic heterocycles. The van der Waals surface area contributed by atoms with Crippen molar-refractivity contribution in [2.24, 2.45) is 22.2 Å². The Bertz CT molecular complexity index is 346. The van der Waals surface area contributed by atoms with Crippen LogP contribution in [-0.4, -0.2) is 23.0 Å². The van der Waals surface area contributed by atoms with E-state index >= 15 is 0 Å². The summed E-state index contributed by atoms with van der Waals surface area (Å²) < 4.78 is 0. The van der Waals surface area contributed by atoms with Crippen LogP contribution >= 0.6 is 0 Å². The molecule has 0 saturated heterocycles. The number of rotatable bonds is 6. The second-order valence-electron chi connectivity index (χ2n) is 5.68. The Morgan fingerprint density at radius 2 is 2.22 bits per heavy atom. The van der Waals surface area contributed by atoms with E-state index in [-0.39, 0.29) is 17.8 Å². The first kappa shape index (κ1) is 13.2. The van der Waals surface area contributed by atoms with Gasteiger partial charge in [0.2, 0.25) is 5.91 Å². The van der Waals surface area contributed by atoms with E-state index in [2.05, 4.69) is 17.4 Å². The van der Waals surface area contributed by atoms with Gasteiger partial charge in [-0.1, -0.05) is 31.3 Å². The minimum atomic E-state index is -0.744. The molecule has 5 nitrogen and oxygen atoms in total. The lowest BCUT2D eigenvalue weighted by Gasteiger charge is -2.39. The summed E-state index contributed by atoms with van der Waals surface area (Å²) in [6.07, 6.45) is 6.92. The first-order valence-electron chi connectivity index (χ1n) is 6.91. The van der Waals surface area contributed by atoms with Gasteiger partial charge in [0.15, 0.2) is 5.84 Å². The van der Waals surface area contributed by atoms with Crippen LogP contribution in [-0.2, 0) is 4.79 Å². The molecule has 102 valence electrons. The predicted octanol–water partition coefficient (Wildman–Crippen LogP) is 1.60. The molecule has 0 aromatic carbocycles. The maximum atomic E-state index is 12.3. The molecule has 2 fully saturated rings. The number of nitrogens with zero attached hydrogens (tertiary/aromatic N) is 1. The van der Waals surface area contributed by atoms with E-state index in [1.54, 1.807) is 0 Å². The average molecular weight is 253 g/mol. The molecular formula is C13H23N3O2. The molecule has 0 aromatic rings. The van der Waals surface area contributed by atoms with Gasteiger partial charge >= 0.3 is 0 Å². The first-order chi connectivity index (χ1) is 8.62. The van der Waals surface area contributed by atoms with Crippen molar-refractivity contribution in [3.05, 3.63) is 0 Å². The second kappa shape index (κ2) is 5.16. The molecule has 2 rings (SSSR count). The zero-order valence-corrected chi connectivity index (χ0v) is 11.0. The highest BCUT2D eigenvalue weighted by molar-refractivity contribution is 6.07. The van der Waals surface area contributed by atoms with E-state index in [0.717, 1.165) is 25.2 Å². The highest BCUT2D eigenvalue weighted by atomic mass is 16.4. The van der Waals surface area contributed by atoms with Crippen LogP contribution in [0.25, 0.3) is 0 Å². The maximum Gasteiger partial charge on any atom is 0.234 e. The number of nitrogens with one attached hydrogen (secondary N) is 1. The molecule has 4 N–H and O–H groups in total. The fourth-order valence-electron chi connectivity index (χ4n) is 2.63. The molecule has 0 spiro atoms. The smallest absolute Gasteiger partial charge is 0.234 e. The Morgan fingerprint density at radius 3 is 2.61 bits per heavy atom. The number of oxime groups is 1. The summed E-state index contributed by atoms with van der Waals surface area (Å²) >= 11 is 0. The van der Waals surface area contributed by atoms with Gasteiger partial charge < -0.3 is 16.3 Å². The normalized spacial score (nSPS) is 24.2. The van der Waals surface area contributed by atoms with E-state index in [9.17, 15) is 4.79 Å². The summed E-state index contributed by atoms with van der Waals surface area (Å²) in [4.78, 5) is 12.3. The van der Waals surface area contributed by atoms with Crippen molar-refractivity contribution in [2.75, 3.05) is 0 Å². The zero-order chi connectivity index (χ0) is 13.2. The quantitative estimate of drug-likeness (QED) is 0.291. The molecule has 1 amide bonds. The monoisotopic (exact) mass is 253 g/mol. The molecule has 0 radical (unpaired) electrons. The topological polar surface area (TPSA) is 87.7 Å². The number of amides is 1. The van der Waals surface area contributed by atoms with Crippen LogP contribution in [0.2, 0.25) is 0 Å². The number of hydrogen-bond donors (Lipinski definition) is 3. The minimum absolute atomic E-state index is 0.0587. The lowest BCUT2D eigenvalue weighted by atomic mass is 9.67. The third kappa shape index (κ3) is 2.44. The minimum Gasteiger partial charge on any atom is -0.409 e. The molecule has 1 atom stereocenters. The lowest BCUT2D eigenvalue weighted by molar-refractivity contribution is -0.131. The van der Waals surface area contributed by atoms with Gasteiger partial charge in [0.1, 0.15) is 5.41 Å². The molecule has 5 heteroatoms. The summed E-state index contributed by atoms with van der Waals surface area (Å²) in [6, 6.07) is 0.231. The fraction of sp³-hybridized carbons (Fsp3) is 0.846. The van der Waals surface area contributed by atoms with Crippen LogP contribution < -0.4 is 11.1 Å². The van der Waals surface area contributed by atoms with Gasteiger partial charge in [-0.15, -0.1) is 0 Å². The van der Waals surface area contributed by atoms with E-state index in [1.807, 2.05) is 0 Å². The van der Waals surface area contributed by atoms with Gasteiger partial charge in [-0.3, -0.25) is 4.79 Å².